The van der Waals surface area contributed by atoms with E-state index in [9.17, 15) is 8.42 Å². The standard InChI is InChI=1S/C14H19ClO2S/c15-18(16,17)14-10-8-13(9-11-14)7-6-12-4-2-1-3-5-12/h8-12H,1-7H2. The van der Waals surface area contributed by atoms with Crippen molar-refractivity contribution in [1.82, 2.24) is 0 Å². The van der Waals surface area contributed by atoms with Crippen LogP contribution in [0.15, 0.2) is 29.2 Å². The molecule has 2 rings (SSSR count). The van der Waals surface area contributed by atoms with Crippen molar-refractivity contribution in [1.29, 1.82) is 0 Å². The number of hydrogen-bond donors (Lipinski definition) is 0. The van der Waals surface area contributed by atoms with E-state index in [-0.39, 0.29) is 4.90 Å². The normalized spacial score (nSPS) is 17.8. The molecule has 0 amide bonds. The van der Waals surface area contributed by atoms with Crippen molar-refractivity contribution in [3.05, 3.63) is 29.8 Å². The maximum atomic E-state index is 11.1. The highest BCUT2D eigenvalue weighted by molar-refractivity contribution is 8.13. The Balaban J connectivity index is 1.90. The van der Waals surface area contributed by atoms with Crippen LogP contribution in [0.25, 0.3) is 0 Å². The Morgan fingerprint density at radius 2 is 1.67 bits per heavy atom. The van der Waals surface area contributed by atoms with Gasteiger partial charge in [0.05, 0.1) is 4.90 Å². The van der Waals surface area contributed by atoms with Crippen molar-refractivity contribution in [3.63, 3.8) is 0 Å². The Labute approximate surface area is 114 Å². The first-order valence-electron chi connectivity index (χ1n) is 6.59. The quantitative estimate of drug-likeness (QED) is 0.780. The molecule has 1 saturated carbocycles. The monoisotopic (exact) mass is 286 g/mol. The molecule has 0 spiro atoms. The summed E-state index contributed by atoms with van der Waals surface area (Å²) < 4.78 is 22.2. The molecule has 0 heterocycles. The molecule has 2 nitrogen and oxygen atoms in total. The van der Waals surface area contributed by atoms with E-state index in [1.54, 1.807) is 12.1 Å². The Kier molecular flexibility index (Phi) is 4.68. The Bertz CT molecular complexity index is 473. The molecule has 1 fully saturated rings. The van der Waals surface area contributed by atoms with Crippen LogP contribution in [0.3, 0.4) is 0 Å². The second-order valence-corrected chi connectivity index (χ2v) is 7.69. The summed E-state index contributed by atoms with van der Waals surface area (Å²) in [6.45, 7) is 0. The van der Waals surface area contributed by atoms with E-state index in [2.05, 4.69) is 0 Å². The second kappa shape index (κ2) is 6.07. The first kappa shape index (κ1) is 13.9. The molecule has 1 aliphatic rings. The molecular formula is C14H19ClO2S. The van der Waals surface area contributed by atoms with E-state index in [0.717, 1.165) is 12.3 Å². The van der Waals surface area contributed by atoms with Gasteiger partial charge in [0, 0.05) is 10.7 Å². The molecule has 0 aromatic heterocycles. The summed E-state index contributed by atoms with van der Waals surface area (Å²) in [6, 6.07) is 6.94. The van der Waals surface area contributed by atoms with E-state index in [1.807, 2.05) is 12.1 Å². The molecule has 1 aliphatic carbocycles. The smallest absolute Gasteiger partial charge is 0.207 e. The van der Waals surface area contributed by atoms with Crippen LogP contribution in [-0.4, -0.2) is 8.42 Å². The fourth-order valence-electron chi connectivity index (χ4n) is 2.67. The highest BCUT2D eigenvalue weighted by atomic mass is 35.7. The van der Waals surface area contributed by atoms with Gasteiger partial charge in [0.2, 0.25) is 0 Å². The Morgan fingerprint density at radius 3 is 2.22 bits per heavy atom. The molecule has 100 valence electrons. The summed E-state index contributed by atoms with van der Waals surface area (Å²) >= 11 is 0. The van der Waals surface area contributed by atoms with Gasteiger partial charge in [-0.3, -0.25) is 0 Å². The zero-order valence-electron chi connectivity index (χ0n) is 10.4. The lowest BCUT2D eigenvalue weighted by Gasteiger charge is -2.21. The summed E-state index contributed by atoms with van der Waals surface area (Å²) in [5.74, 6) is 0.857. The van der Waals surface area contributed by atoms with Crippen molar-refractivity contribution in [2.45, 2.75) is 49.8 Å². The van der Waals surface area contributed by atoms with Gasteiger partial charge in [-0.05, 0) is 36.5 Å². The van der Waals surface area contributed by atoms with E-state index in [0.29, 0.717) is 0 Å². The predicted molar refractivity (Wildman–Crippen MR) is 74.4 cm³/mol. The lowest BCUT2D eigenvalue weighted by molar-refractivity contribution is 0.339. The lowest BCUT2D eigenvalue weighted by atomic mass is 9.85. The summed E-state index contributed by atoms with van der Waals surface area (Å²) in [5.41, 5.74) is 1.20. The highest BCUT2D eigenvalue weighted by Crippen LogP contribution is 2.27. The molecule has 4 heteroatoms. The molecule has 1 aromatic rings. The van der Waals surface area contributed by atoms with Gasteiger partial charge < -0.3 is 0 Å². The van der Waals surface area contributed by atoms with Crippen molar-refractivity contribution < 1.29 is 8.42 Å². The first-order chi connectivity index (χ1) is 8.55. The fourth-order valence-corrected chi connectivity index (χ4v) is 3.44. The average molecular weight is 287 g/mol. The van der Waals surface area contributed by atoms with Gasteiger partial charge >= 0.3 is 0 Å². The number of rotatable bonds is 4. The number of hydrogen-bond acceptors (Lipinski definition) is 2. The van der Waals surface area contributed by atoms with Gasteiger partial charge in [0.25, 0.3) is 9.05 Å². The summed E-state index contributed by atoms with van der Waals surface area (Å²) in [6.07, 6.45) is 9.09. The number of aryl methyl sites for hydroxylation is 1. The van der Waals surface area contributed by atoms with Gasteiger partial charge in [0.1, 0.15) is 0 Å². The second-order valence-electron chi connectivity index (χ2n) is 5.12. The zero-order chi connectivity index (χ0) is 13.0. The molecular weight excluding hydrogens is 268 g/mol. The topological polar surface area (TPSA) is 34.1 Å². The van der Waals surface area contributed by atoms with Gasteiger partial charge in [0.15, 0.2) is 0 Å². The van der Waals surface area contributed by atoms with Crippen LogP contribution in [0.2, 0.25) is 0 Å². The van der Waals surface area contributed by atoms with Gasteiger partial charge in [-0.2, -0.15) is 0 Å². The summed E-state index contributed by atoms with van der Waals surface area (Å²) in [7, 11) is 1.70. The summed E-state index contributed by atoms with van der Waals surface area (Å²) in [4.78, 5) is 0.186. The van der Waals surface area contributed by atoms with Crippen molar-refractivity contribution >= 4 is 19.7 Å². The Morgan fingerprint density at radius 1 is 1.06 bits per heavy atom. The maximum absolute atomic E-state index is 11.1. The van der Waals surface area contributed by atoms with Crippen molar-refractivity contribution in [2.75, 3.05) is 0 Å². The van der Waals surface area contributed by atoms with Gasteiger partial charge in [-0.1, -0.05) is 44.2 Å². The van der Waals surface area contributed by atoms with E-state index in [1.165, 1.54) is 44.1 Å². The highest BCUT2D eigenvalue weighted by Gasteiger charge is 2.13. The van der Waals surface area contributed by atoms with Gasteiger partial charge in [-0.15, -0.1) is 0 Å². The predicted octanol–water partition coefficient (Wildman–Crippen LogP) is 4.13. The molecule has 18 heavy (non-hydrogen) atoms. The number of benzene rings is 1. The fraction of sp³-hybridized carbons (Fsp3) is 0.571. The maximum Gasteiger partial charge on any atom is 0.261 e. The average Bonchev–Trinajstić information content (AvgIpc) is 2.37. The molecule has 0 aliphatic heterocycles. The van der Waals surface area contributed by atoms with Crippen LogP contribution in [0, 0.1) is 5.92 Å². The third kappa shape index (κ3) is 3.99. The Hall–Kier alpha value is -0.540. The van der Waals surface area contributed by atoms with E-state index >= 15 is 0 Å². The summed E-state index contributed by atoms with van der Waals surface area (Å²) in [5, 5.41) is 0. The van der Waals surface area contributed by atoms with Crippen LogP contribution < -0.4 is 0 Å². The zero-order valence-corrected chi connectivity index (χ0v) is 12.0. The molecule has 0 N–H and O–H groups in total. The molecule has 0 unspecified atom stereocenters. The van der Waals surface area contributed by atoms with Crippen LogP contribution in [0.5, 0.6) is 0 Å². The minimum atomic E-state index is -3.58. The molecule has 0 radical (unpaired) electrons. The van der Waals surface area contributed by atoms with Crippen LogP contribution in [0.1, 0.15) is 44.1 Å². The van der Waals surface area contributed by atoms with Crippen molar-refractivity contribution in [2.24, 2.45) is 5.92 Å². The van der Waals surface area contributed by atoms with E-state index in [4.69, 9.17) is 10.7 Å². The molecule has 0 atom stereocenters. The third-order valence-corrected chi connectivity index (χ3v) is 5.14. The van der Waals surface area contributed by atoms with Crippen molar-refractivity contribution in [3.8, 4) is 0 Å². The SMILES string of the molecule is O=S(=O)(Cl)c1ccc(CCC2CCCCC2)cc1. The lowest BCUT2D eigenvalue weighted by Crippen LogP contribution is -2.07. The van der Waals surface area contributed by atoms with E-state index < -0.39 is 9.05 Å². The first-order valence-corrected chi connectivity index (χ1v) is 8.90. The minimum Gasteiger partial charge on any atom is -0.207 e. The third-order valence-electron chi connectivity index (χ3n) is 3.77. The molecule has 1 aromatic carbocycles. The van der Waals surface area contributed by atoms with Crippen LogP contribution in [-0.2, 0) is 15.5 Å². The van der Waals surface area contributed by atoms with Crippen LogP contribution in [0.4, 0.5) is 0 Å². The van der Waals surface area contributed by atoms with Crippen LogP contribution >= 0.6 is 10.7 Å². The molecule has 0 saturated heterocycles. The minimum absolute atomic E-state index is 0.186. The largest absolute Gasteiger partial charge is 0.261 e. The van der Waals surface area contributed by atoms with Gasteiger partial charge in [-0.25, -0.2) is 8.42 Å². The molecule has 0 bridgehead atoms. The number of halogens is 1.